The third-order valence-electron chi connectivity index (χ3n) is 2.92. The first-order chi connectivity index (χ1) is 10.9. The largest absolute Gasteiger partial charge is 0.478 e. The van der Waals surface area contributed by atoms with E-state index in [9.17, 15) is 9.59 Å². The van der Waals surface area contributed by atoms with Crippen LogP contribution in [0.2, 0.25) is 5.15 Å². The maximum absolute atomic E-state index is 12.2. The normalized spacial score (nSPS) is 10.7. The lowest BCUT2D eigenvalue weighted by Gasteiger charge is -2.03. The Kier molecular flexibility index (Phi) is 4.29. The van der Waals surface area contributed by atoms with Crippen LogP contribution in [0.25, 0.3) is 10.2 Å². The van der Waals surface area contributed by atoms with Crippen LogP contribution in [0.4, 0.5) is 5.13 Å². The molecule has 0 spiro atoms. The number of carboxylic acid groups (broad SMARTS) is 1. The highest BCUT2D eigenvalue weighted by Gasteiger charge is 2.15. The minimum Gasteiger partial charge on any atom is -0.478 e. The Morgan fingerprint density at radius 2 is 2.00 bits per heavy atom. The van der Waals surface area contributed by atoms with E-state index in [1.807, 2.05) is 0 Å². The summed E-state index contributed by atoms with van der Waals surface area (Å²) in [7, 11) is 0. The second-order valence-corrected chi connectivity index (χ2v) is 6.63. The first-order valence-corrected chi connectivity index (χ1v) is 8.20. The molecular weight excluding hydrogens is 406 g/mol. The van der Waals surface area contributed by atoms with Gasteiger partial charge in [0.25, 0.3) is 5.91 Å². The molecule has 0 unspecified atom stereocenters. The number of carboxylic acids is 1. The Labute approximate surface area is 147 Å². The van der Waals surface area contributed by atoms with Crippen LogP contribution in [-0.2, 0) is 0 Å². The molecule has 0 saturated heterocycles. The van der Waals surface area contributed by atoms with Gasteiger partial charge in [0.2, 0.25) is 0 Å². The quantitative estimate of drug-likeness (QED) is 0.633. The van der Waals surface area contributed by atoms with Crippen molar-refractivity contribution >= 4 is 66.1 Å². The number of carbonyl (C=O) groups excluding carboxylic acids is 1. The Bertz CT molecular complexity index is 944. The van der Waals surface area contributed by atoms with Gasteiger partial charge in [0.05, 0.1) is 21.3 Å². The Hall–Kier alpha value is -2.03. The van der Waals surface area contributed by atoms with Crippen molar-refractivity contribution in [3.63, 3.8) is 0 Å². The molecule has 1 aromatic carbocycles. The number of benzene rings is 1. The number of nitrogens with zero attached hydrogens (tertiary/aromatic N) is 2. The van der Waals surface area contributed by atoms with Crippen molar-refractivity contribution in [1.29, 1.82) is 0 Å². The summed E-state index contributed by atoms with van der Waals surface area (Å²) in [6, 6.07) is 7.73. The topological polar surface area (TPSA) is 92.2 Å². The maximum Gasteiger partial charge on any atom is 0.335 e. The minimum absolute atomic E-state index is 0.0751. The van der Waals surface area contributed by atoms with Crippen LogP contribution in [0.3, 0.4) is 0 Å². The molecule has 2 N–H and O–H groups in total. The molecule has 0 bridgehead atoms. The van der Waals surface area contributed by atoms with Gasteiger partial charge in [-0.25, -0.2) is 14.8 Å². The molecule has 0 fully saturated rings. The molecule has 0 aliphatic carbocycles. The molecule has 2 aromatic heterocycles. The summed E-state index contributed by atoms with van der Waals surface area (Å²) in [6.07, 6.45) is 0. The van der Waals surface area contributed by atoms with Crippen LogP contribution in [-0.4, -0.2) is 27.0 Å². The molecular formula is C14H7BrClN3O3S. The smallest absolute Gasteiger partial charge is 0.335 e. The number of pyridine rings is 1. The number of anilines is 1. The molecule has 23 heavy (non-hydrogen) atoms. The van der Waals surface area contributed by atoms with E-state index in [4.69, 9.17) is 16.7 Å². The van der Waals surface area contributed by atoms with Crippen LogP contribution in [0, 0.1) is 0 Å². The highest BCUT2D eigenvalue weighted by Crippen LogP contribution is 2.28. The Morgan fingerprint density at radius 3 is 2.70 bits per heavy atom. The number of aromatic carboxylic acids is 1. The minimum atomic E-state index is -1.02. The fourth-order valence-electron chi connectivity index (χ4n) is 1.86. The standard InChI is InChI=1S/C14H7BrClN3O3S/c15-10-4-2-7(11(16)18-10)12(20)19-14-17-8-3-1-6(13(21)22)5-9(8)23-14/h1-5H,(H,21,22)(H,17,19,20). The highest BCUT2D eigenvalue weighted by molar-refractivity contribution is 9.10. The summed E-state index contributed by atoms with van der Waals surface area (Å²) < 4.78 is 1.19. The van der Waals surface area contributed by atoms with E-state index in [0.29, 0.717) is 20.0 Å². The number of amides is 1. The zero-order valence-electron chi connectivity index (χ0n) is 11.2. The van der Waals surface area contributed by atoms with Gasteiger partial charge >= 0.3 is 5.97 Å². The molecule has 9 heteroatoms. The van der Waals surface area contributed by atoms with Gasteiger partial charge in [-0.3, -0.25) is 10.1 Å². The molecule has 0 atom stereocenters. The van der Waals surface area contributed by atoms with Crippen molar-refractivity contribution in [3.05, 3.63) is 51.2 Å². The molecule has 116 valence electrons. The van der Waals surface area contributed by atoms with Crippen molar-refractivity contribution in [3.8, 4) is 0 Å². The van der Waals surface area contributed by atoms with E-state index >= 15 is 0 Å². The van der Waals surface area contributed by atoms with E-state index in [-0.39, 0.29) is 16.3 Å². The molecule has 0 aliphatic heterocycles. The Morgan fingerprint density at radius 1 is 1.22 bits per heavy atom. The monoisotopic (exact) mass is 411 g/mol. The molecule has 0 radical (unpaired) electrons. The molecule has 2 heterocycles. The van der Waals surface area contributed by atoms with Crippen LogP contribution < -0.4 is 5.32 Å². The van der Waals surface area contributed by atoms with E-state index < -0.39 is 11.9 Å². The van der Waals surface area contributed by atoms with Gasteiger partial charge in [-0.15, -0.1) is 0 Å². The van der Waals surface area contributed by atoms with Crippen molar-refractivity contribution < 1.29 is 14.7 Å². The molecule has 0 aliphatic rings. The predicted molar refractivity (Wildman–Crippen MR) is 91.5 cm³/mol. The van der Waals surface area contributed by atoms with Crippen LogP contribution in [0.1, 0.15) is 20.7 Å². The zero-order valence-corrected chi connectivity index (χ0v) is 14.4. The van der Waals surface area contributed by atoms with Gasteiger partial charge in [0.1, 0.15) is 9.76 Å². The summed E-state index contributed by atoms with van der Waals surface area (Å²) in [4.78, 5) is 31.4. The summed E-state index contributed by atoms with van der Waals surface area (Å²) in [5.41, 5.74) is 0.995. The second kappa shape index (κ2) is 6.23. The fraction of sp³-hybridized carbons (Fsp3) is 0. The lowest BCUT2D eigenvalue weighted by Crippen LogP contribution is -2.12. The molecule has 6 nitrogen and oxygen atoms in total. The highest BCUT2D eigenvalue weighted by atomic mass is 79.9. The number of nitrogens with one attached hydrogen (secondary N) is 1. The number of thiazole rings is 1. The second-order valence-electron chi connectivity index (χ2n) is 4.43. The number of hydrogen-bond acceptors (Lipinski definition) is 5. The molecule has 1 amide bonds. The summed E-state index contributed by atoms with van der Waals surface area (Å²) >= 11 is 10.3. The number of halogens is 2. The fourth-order valence-corrected chi connectivity index (χ4v) is 3.41. The Balaban J connectivity index is 1.89. The number of carbonyl (C=O) groups is 2. The van der Waals surface area contributed by atoms with Gasteiger partial charge in [-0.1, -0.05) is 22.9 Å². The van der Waals surface area contributed by atoms with Gasteiger partial charge in [-0.05, 0) is 46.3 Å². The first-order valence-electron chi connectivity index (χ1n) is 6.21. The van der Waals surface area contributed by atoms with Crippen molar-refractivity contribution in [1.82, 2.24) is 9.97 Å². The van der Waals surface area contributed by atoms with Crippen LogP contribution in [0.5, 0.6) is 0 Å². The lowest BCUT2D eigenvalue weighted by atomic mass is 10.2. The third kappa shape index (κ3) is 3.34. The van der Waals surface area contributed by atoms with E-state index in [0.717, 1.165) is 0 Å². The first kappa shape index (κ1) is 15.9. The van der Waals surface area contributed by atoms with Gasteiger partial charge in [0, 0.05) is 0 Å². The number of fused-ring (bicyclic) bond motifs is 1. The van der Waals surface area contributed by atoms with E-state index in [1.165, 1.54) is 23.5 Å². The average molecular weight is 413 g/mol. The third-order valence-corrected chi connectivity index (χ3v) is 4.58. The van der Waals surface area contributed by atoms with Gasteiger partial charge in [-0.2, -0.15) is 0 Å². The van der Waals surface area contributed by atoms with Crippen LogP contribution >= 0.6 is 38.9 Å². The van der Waals surface area contributed by atoms with Crippen molar-refractivity contribution in [2.45, 2.75) is 0 Å². The maximum atomic E-state index is 12.2. The lowest BCUT2D eigenvalue weighted by molar-refractivity contribution is 0.0697. The SMILES string of the molecule is O=C(O)c1ccc2nc(NC(=O)c3ccc(Br)nc3Cl)sc2c1. The summed E-state index contributed by atoms with van der Waals surface area (Å²) in [6.45, 7) is 0. The van der Waals surface area contributed by atoms with Crippen molar-refractivity contribution in [2.75, 3.05) is 5.32 Å². The van der Waals surface area contributed by atoms with Gasteiger partial charge < -0.3 is 5.11 Å². The zero-order chi connectivity index (χ0) is 16.6. The summed E-state index contributed by atoms with van der Waals surface area (Å²) in [5, 5.41) is 12.1. The molecule has 3 aromatic rings. The predicted octanol–water partition coefficient (Wildman–Crippen LogP) is 4.06. The molecule has 3 rings (SSSR count). The number of hydrogen-bond donors (Lipinski definition) is 2. The van der Waals surface area contributed by atoms with Gasteiger partial charge in [0.15, 0.2) is 5.13 Å². The number of rotatable bonds is 3. The van der Waals surface area contributed by atoms with E-state index in [1.54, 1.807) is 18.2 Å². The van der Waals surface area contributed by atoms with Crippen molar-refractivity contribution in [2.24, 2.45) is 0 Å². The van der Waals surface area contributed by atoms with Crippen LogP contribution in [0.15, 0.2) is 34.9 Å². The average Bonchev–Trinajstić information content (AvgIpc) is 2.87. The van der Waals surface area contributed by atoms with E-state index in [2.05, 4.69) is 31.2 Å². The molecule has 0 saturated carbocycles. The number of aromatic nitrogens is 2. The summed E-state index contributed by atoms with van der Waals surface area (Å²) in [5.74, 6) is -1.45.